The molecule has 0 aromatic heterocycles. The molecule has 10 heteroatoms. The van der Waals surface area contributed by atoms with Gasteiger partial charge < -0.3 is 15.3 Å². The van der Waals surface area contributed by atoms with Gasteiger partial charge in [0, 0.05) is 64.3 Å². The average molecular weight is 631 g/mol. The number of carbonyl (C=O) groups is 1. The minimum Gasteiger partial charge on any atom is -0.389 e. The van der Waals surface area contributed by atoms with E-state index in [1.165, 1.54) is 37.7 Å². The molecule has 238 valence electrons. The molecule has 1 saturated heterocycles. The third kappa shape index (κ3) is 5.58. The lowest BCUT2D eigenvalue weighted by Gasteiger charge is -2.61. The first-order valence-corrected chi connectivity index (χ1v) is 18.2. The zero-order valence-electron chi connectivity index (χ0n) is 26.3. The van der Waals surface area contributed by atoms with Crippen LogP contribution in [0.15, 0.2) is 29.2 Å². The number of piperazine rings is 1. The summed E-state index contributed by atoms with van der Waals surface area (Å²) >= 11 is 5.69. The summed E-state index contributed by atoms with van der Waals surface area (Å²) in [6.45, 7) is 8.79. The number of fused-ring (bicyclic) bond motifs is 5. The van der Waals surface area contributed by atoms with Crippen molar-refractivity contribution in [1.82, 2.24) is 14.1 Å². The van der Waals surface area contributed by atoms with Gasteiger partial charge >= 0.3 is 0 Å². The Kier molecular flexibility index (Phi) is 8.28. The topological polar surface area (TPSA) is 93.2 Å². The van der Waals surface area contributed by atoms with E-state index in [-0.39, 0.29) is 15.7 Å². The van der Waals surface area contributed by atoms with E-state index >= 15 is 0 Å². The molecular formula is C33H50N4O4S2. The molecular weight excluding hydrogens is 581 g/mol. The van der Waals surface area contributed by atoms with Crippen LogP contribution in [-0.2, 0) is 14.8 Å². The van der Waals surface area contributed by atoms with Gasteiger partial charge in [-0.25, -0.2) is 12.7 Å². The number of hydrogen-bond acceptors (Lipinski definition) is 6. The summed E-state index contributed by atoms with van der Waals surface area (Å²) in [4.78, 5) is 17.6. The molecule has 0 unspecified atom stereocenters. The lowest BCUT2D eigenvalue weighted by Crippen LogP contribution is -2.59. The average Bonchev–Trinajstić information content (AvgIpc) is 3.28. The first-order valence-electron chi connectivity index (χ1n) is 16.3. The number of Topliss-reactive ketones (excluding diaryl/α,β-unsaturated/α-hetero) is 1. The summed E-state index contributed by atoms with van der Waals surface area (Å²) in [6, 6.07) is 6.69. The number of hydrogen-bond donors (Lipinski definition) is 2. The first kappa shape index (κ1) is 31.4. The fourth-order valence-corrected chi connectivity index (χ4v) is 11.1. The van der Waals surface area contributed by atoms with Crippen LogP contribution in [0.1, 0.15) is 71.6 Å². The van der Waals surface area contributed by atoms with Crippen LogP contribution in [0.2, 0.25) is 0 Å². The molecule has 1 aromatic carbocycles. The summed E-state index contributed by atoms with van der Waals surface area (Å²) in [5.41, 5.74) is 0.341. The summed E-state index contributed by atoms with van der Waals surface area (Å²) in [7, 11) is -0.415. The van der Waals surface area contributed by atoms with E-state index < -0.39 is 15.6 Å². The van der Waals surface area contributed by atoms with Crippen molar-refractivity contribution in [3.05, 3.63) is 24.3 Å². The lowest BCUT2D eigenvalue weighted by molar-refractivity contribution is -0.157. The predicted molar refractivity (Wildman–Crippen MR) is 173 cm³/mol. The molecule has 4 aliphatic carbocycles. The predicted octanol–water partition coefficient (Wildman–Crippen LogP) is 4.59. The van der Waals surface area contributed by atoms with Crippen LogP contribution in [0, 0.1) is 34.5 Å². The van der Waals surface area contributed by atoms with E-state index in [2.05, 4.69) is 29.0 Å². The smallest absolute Gasteiger partial charge is 0.242 e. The number of aliphatic hydroxyl groups is 1. The first-order chi connectivity index (χ1) is 20.2. The van der Waals surface area contributed by atoms with E-state index in [9.17, 15) is 18.3 Å². The molecule has 5 fully saturated rings. The Bertz CT molecular complexity index is 1340. The number of ketones is 1. The van der Waals surface area contributed by atoms with Crippen LogP contribution in [0.4, 0.5) is 5.69 Å². The highest BCUT2D eigenvalue weighted by atomic mass is 32.2. The number of nitrogens with one attached hydrogen (secondary N) is 1. The van der Waals surface area contributed by atoms with Gasteiger partial charge in [-0.15, -0.1) is 0 Å². The highest BCUT2D eigenvalue weighted by molar-refractivity contribution is 7.89. The van der Waals surface area contributed by atoms with Crippen LogP contribution in [-0.4, -0.2) is 90.9 Å². The maximum Gasteiger partial charge on any atom is 0.242 e. The Labute approximate surface area is 263 Å². The second-order valence-corrected chi connectivity index (χ2v) is 17.5. The quantitative estimate of drug-likeness (QED) is 0.457. The van der Waals surface area contributed by atoms with Crippen LogP contribution < -0.4 is 5.32 Å². The second-order valence-electron chi connectivity index (χ2n) is 15.0. The number of carbonyl (C=O) groups excluding carboxylic acids is 1. The number of thiocarbonyl (C=S) groups is 1. The van der Waals surface area contributed by atoms with Crippen molar-refractivity contribution in [3.63, 3.8) is 0 Å². The number of benzene rings is 1. The normalized spacial score (nSPS) is 38.4. The van der Waals surface area contributed by atoms with Crippen molar-refractivity contribution in [1.29, 1.82) is 0 Å². The SMILES string of the molecule is CN(C)S(=O)(=O)c1ccc(NC(=S)N2CCN(C[C@@]3(O)CC[C@@]4(C)[C@@H](CC[C@@H]5[C@@H]4CC[C@]4(C)C(=O)CC[C@@H]54)C3)CC2)cc1. The van der Waals surface area contributed by atoms with Crippen molar-refractivity contribution in [2.24, 2.45) is 34.5 Å². The number of nitrogens with zero attached hydrogens (tertiary/aromatic N) is 3. The van der Waals surface area contributed by atoms with Crippen LogP contribution in [0.3, 0.4) is 0 Å². The highest BCUT2D eigenvalue weighted by Crippen LogP contribution is 2.66. The molecule has 1 heterocycles. The van der Waals surface area contributed by atoms with Crippen molar-refractivity contribution in [2.45, 2.75) is 82.1 Å². The van der Waals surface area contributed by atoms with Crippen molar-refractivity contribution >= 4 is 38.8 Å². The summed E-state index contributed by atoms with van der Waals surface area (Å²) < 4.78 is 25.9. The summed E-state index contributed by atoms with van der Waals surface area (Å²) in [5.74, 6) is 3.04. The van der Waals surface area contributed by atoms with Gasteiger partial charge in [0.1, 0.15) is 5.78 Å². The third-order valence-electron chi connectivity index (χ3n) is 12.6. The number of sulfonamides is 1. The van der Waals surface area contributed by atoms with Crippen molar-refractivity contribution < 1.29 is 18.3 Å². The Morgan fingerprint density at radius 2 is 1.70 bits per heavy atom. The van der Waals surface area contributed by atoms with E-state index in [0.717, 1.165) is 76.9 Å². The molecule has 1 aliphatic heterocycles. The van der Waals surface area contributed by atoms with Gasteiger partial charge in [-0.05, 0) is 117 Å². The van der Waals surface area contributed by atoms with E-state index in [1.807, 2.05) is 0 Å². The summed E-state index contributed by atoms with van der Waals surface area (Å²) in [5, 5.41) is 15.8. The minimum atomic E-state index is -3.46. The zero-order chi connectivity index (χ0) is 30.8. The molecule has 1 aromatic rings. The molecule has 2 N–H and O–H groups in total. The third-order valence-corrected chi connectivity index (χ3v) is 14.8. The number of β-amino-alcohol motifs (C(OH)–C–C–N with tert-alkyl or cyclic N) is 1. The molecule has 6 rings (SSSR count). The Morgan fingerprint density at radius 3 is 2.37 bits per heavy atom. The van der Waals surface area contributed by atoms with Gasteiger partial charge in [-0.2, -0.15) is 0 Å². The van der Waals surface area contributed by atoms with Gasteiger partial charge in [0.15, 0.2) is 5.11 Å². The molecule has 0 bridgehead atoms. The summed E-state index contributed by atoms with van der Waals surface area (Å²) in [6.07, 6.45) is 9.40. The number of anilines is 1. The number of rotatable bonds is 5. The van der Waals surface area contributed by atoms with E-state index in [0.29, 0.717) is 34.6 Å². The fourth-order valence-electron chi connectivity index (χ4n) is 9.89. The van der Waals surface area contributed by atoms with Crippen LogP contribution in [0.5, 0.6) is 0 Å². The minimum absolute atomic E-state index is 0.0699. The maximum absolute atomic E-state index is 12.8. The Morgan fingerprint density at radius 1 is 1.00 bits per heavy atom. The van der Waals surface area contributed by atoms with E-state index in [4.69, 9.17) is 12.2 Å². The molecule has 0 amide bonds. The van der Waals surface area contributed by atoms with Crippen LogP contribution in [0.25, 0.3) is 0 Å². The molecule has 8 nitrogen and oxygen atoms in total. The Balaban J connectivity index is 1.01. The molecule has 0 radical (unpaired) electrons. The van der Waals surface area contributed by atoms with Gasteiger partial charge in [0.05, 0.1) is 10.5 Å². The zero-order valence-corrected chi connectivity index (χ0v) is 28.0. The van der Waals surface area contributed by atoms with Crippen molar-refractivity contribution in [2.75, 3.05) is 52.1 Å². The van der Waals surface area contributed by atoms with Gasteiger partial charge in [0.2, 0.25) is 10.0 Å². The highest BCUT2D eigenvalue weighted by Gasteiger charge is 2.61. The molecule has 0 spiro atoms. The molecule has 7 atom stereocenters. The Hall–Kier alpha value is -1.59. The van der Waals surface area contributed by atoms with E-state index in [1.54, 1.807) is 24.3 Å². The molecule has 5 aliphatic rings. The van der Waals surface area contributed by atoms with Gasteiger partial charge in [-0.3, -0.25) is 9.69 Å². The maximum atomic E-state index is 12.8. The fraction of sp³-hybridized carbons (Fsp3) is 0.758. The second kappa shape index (κ2) is 11.3. The lowest BCUT2D eigenvalue weighted by atomic mass is 9.44. The largest absolute Gasteiger partial charge is 0.389 e. The van der Waals surface area contributed by atoms with Gasteiger partial charge in [0.25, 0.3) is 0 Å². The van der Waals surface area contributed by atoms with Gasteiger partial charge in [-0.1, -0.05) is 13.8 Å². The molecule has 43 heavy (non-hydrogen) atoms. The standard InChI is InChI=1S/C33H50N4O4S2/c1-31-15-16-33(39,21-23(31)5-10-26-27-11-12-29(38)32(27,2)14-13-28(26)31)22-36-17-19-37(20-18-36)30(42)34-24-6-8-25(9-7-24)43(40,41)35(3)4/h6-9,23,26-28,39H,5,10-22H2,1-4H3,(H,34,42)/t23-,26-,27-,28-,31-,32-,33+/m0/s1. The van der Waals surface area contributed by atoms with Crippen LogP contribution >= 0.6 is 12.2 Å². The molecule has 4 saturated carbocycles. The monoisotopic (exact) mass is 630 g/mol. The van der Waals surface area contributed by atoms with Crippen molar-refractivity contribution in [3.8, 4) is 0 Å².